The Kier molecular flexibility index (Phi) is 7.00. The molecule has 1 rings (SSSR count). The molecule has 0 aromatic rings. The monoisotopic (exact) mass is 328 g/mol. The molecular weight excluding hydrogens is 300 g/mol. The highest BCUT2D eigenvalue weighted by Crippen LogP contribution is 2.22. The fraction of sp³-hybridized carbons (Fsp3) is 0.812. The van der Waals surface area contributed by atoms with E-state index in [1.165, 1.54) is 0 Å². The van der Waals surface area contributed by atoms with E-state index in [0.717, 1.165) is 6.42 Å². The molecule has 0 aliphatic carbocycles. The smallest absolute Gasteiger partial charge is 0.336 e. The van der Waals surface area contributed by atoms with Crippen molar-refractivity contribution in [2.45, 2.75) is 58.8 Å². The molecule has 1 unspecified atom stereocenters. The zero-order chi connectivity index (χ0) is 17.7. The summed E-state index contributed by atoms with van der Waals surface area (Å²) in [5.74, 6) is -1.14. The fourth-order valence-electron chi connectivity index (χ4n) is 2.27. The van der Waals surface area contributed by atoms with Crippen LogP contribution in [0.25, 0.3) is 0 Å². The van der Waals surface area contributed by atoms with Gasteiger partial charge in [0.15, 0.2) is 12.2 Å². The molecule has 1 fully saturated rings. The summed E-state index contributed by atoms with van der Waals surface area (Å²) in [6.45, 7) is 8.73. The Morgan fingerprint density at radius 2 is 1.74 bits per heavy atom. The van der Waals surface area contributed by atoms with Crippen LogP contribution >= 0.6 is 0 Å². The Hall–Kier alpha value is -1.63. The molecule has 1 saturated heterocycles. The summed E-state index contributed by atoms with van der Waals surface area (Å²) in [4.78, 5) is 36.9. The van der Waals surface area contributed by atoms with Crippen LogP contribution in [0.4, 0.5) is 0 Å². The number of carboxylic acid groups (broad SMARTS) is 1. The van der Waals surface area contributed by atoms with Gasteiger partial charge in [-0.3, -0.25) is 9.59 Å². The van der Waals surface area contributed by atoms with Gasteiger partial charge in [-0.15, -0.1) is 0 Å². The van der Waals surface area contributed by atoms with Crippen molar-refractivity contribution in [1.82, 2.24) is 10.2 Å². The van der Waals surface area contributed by atoms with Crippen LogP contribution in [0.5, 0.6) is 0 Å². The lowest BCUT2D eigenvalue weighted by molar-refractivity contribution is -0.138. The van der Waals surface area contributed by atoms with Crippen molar-refractivity contribution in [3.63, 3.8) is 0 Å². The van der Waals surface area contributed by atoms with Crippen molar-refractivity contribution < 1.29 is 24.2 Å². The number of likely N-dealkylation sites (N-methyl/N-ethyl adjacent to an activating group) is 1. The van der Waals surface area contributed by atoms with Gasteiger partial charge in [-0.1, -0.05) is 27.7 Å². The molecule has 0 bridgehead atoms. The molecule has 0 saturated carbocycles. The van der Waals surface area contributed by atoms with Gasteiger partial charge in [-0.2, -0.15) is 0 Å². The second-order valence-electron chi connectivity index (χ2n) is 6.95. The van der Waals surface area contributed by atoms with E-state index in [1.54, 1.807) is 11.9 Å². The fourth-order valence-corrected chi connectivity index (χ4v) is 2.27. The van der Waals surface area contributed by atoms with E-state index < -0.39 is 30.1 Å². The summed E-state index contributed by atoms with van der Waals surface area (Å²) in [5.41, 5.74) is 0. The number of aliphatic carboxylic acids is 1. The second kappa shape index (κ2) is 8.29. The molecule has 3 atom stereocenters. The molecule has 1 aliphatic heterocycles. The maximum atomic E-state index is 12.5. The first kappa shape index (κ1) is 19.4. The van der Waals surface area contributed by atoms with E-state index in [9.17, 15) is 14.4 Å². The van der Waals surface area contributed by atoms with Gasteiger partial charge in [0.1, 0.15) is 6.04 Å². The molecule has 1 aliphatic rings. The number of carboxylic acids is 1. The van der Waals surface area contributed by atoms with Crippen LogP contribution in [0.1, 0.15) is 40.5 Å². The lowest BCUT2D eigenvalue weighted by Crippen LogP contribution is -2.49. The van der Waals surface area contributed by atoms with Crippen molar-refractivity contribution in [2.75, 3.05) is 13.6 Å². The number of rotatable bonds is 9. The van der Waals surface area contributed by atoms with E-state index >= 15 is 0 Å². The normalized spacial score (nSPS) is 21.2. The first-order valence-corrected chi connectivity index (χ1v) is 8.07. The summed E-state index contributed by atoms with van der Waals surface area (Å²) in [7, 11) is 1.72. The van der Waals surface area contributed by atoms with Gasteiger partial charge in [-0.05, 0) is 24.7 Å². The molecule has 0 spiro atoms. The highest BCUT2D eigenvalue weighted by molar-refractivity contribution is 5.95. The van der Waals surface area contributed by atoms with Gasteiger partial charge in [0, 0.05) is 13.6 Å². The summed E-state index contributed by atoms with van der Waals surface area (Å²) in [5, 5.41) is 11.4. The molecule has 7 heteroatoms. The summed E-state index contributed by atoms with van der Waals surface area (Å²) >= 11 is 0. The maximum absolute atomic E-state index is 12.5. The summed E-state index contributed by atoms with van der Waals surface area (Å²) < 4.78 is 4.83. The van der Waals surface area contributed by atoms with Crippen molar-refractivity contribution in [3.8, 4) is 0 Å². The number of carbonyl (C=O) groups excluding carboxylic acids is 2. The van der Waals surface area contributed by atoms with E-state index in [2.05, 4.69) is 19.2 Å². The van der Waals surface area contributed by atoms with Gasteiger partial charge in [0.2, 0.25) is 5.91 Å². The maximum Gasteiger partial charge on any atom is 0.336 e. The number of amides is 2. The molecule has 1 heterocycles. The third-order valence-corrected chi connectivity index (χ3v) is 3.73. The first-order chi connectivity index (χ1) is 10.6. The van der Waals surface area contributed by atoms with Crippen LogP contribution in [0.3, 0.4) is 0 Å². The average molecular weight is 328 g/mol. The van der Waals surface area contributed by atoms with Crippen LogP contribution in [0.2, 0.25) is 0 Å². The molecule has 2 N–H and O–H groups in total. The van der Waals surface area contributed by atoms with E-state index in [-0.39, 0.29) is 11.8 Å². The minimum atomic E-state index is -1.16. The van der Waals surface area contributed by atoms with Crippen molar-refractivity contribution in [1.29, 1.82) is 0 Å². The highest BCUT2D eigenvalue weighted by Gasteiger charge is 2.51. The summed E-state index contributed by atoms with van der Waals surface area (Å²) in [6.07, 6.45) is -0.697. The Balaban J connectivity index is 2.63. The van der Waals surface area contributed by atoms with Crippen molar-refractivity contribution in [2.24, 2.45) is 11.8 Å². The molecule has 132 valence electrons. The third kappa shape index (κ3) is 6.17. The van der Waals surface area contributed by atoms with Gasteiger partial charge in [-0.25, -0.2) is 4.79 Å². The van der Waals surface area contributed by atoms with Gasteiger partial charge in [0.25, 0.3) is 5.91 Å². The number of carbonyl (C=O) groups is 3. The van der Waals surface area contributed by atoms with Crippen LogP contribution < -0.4 is 5.32 Å². The molecule has 7 nitrogen and oxygen atoms in total. The SMILES string of the molecule is CC(C)CCN(C)C(=O)C(CC(C)C)NC(=O)[C@H]1O[C@@H]1C(=O)O. The number of ether oxygens (including phenoxy) is 1. The van der Waals surface area contributed by atoms with Crippen molar-refractivity contribution in [3.05, 3.63) is 0 Å². The van der Waals surface area contributed by atoms with Gasteiger partial charge in [0.05, 0.1) is 0 Å². The molecule has 0 aromatic heterocycles. The molecule has 0 radical (unpaired) electrons. The minimum Gasteiger partial charge on any atom is -0.479 e. The zero-order valence-corrected chi connectivity index (χ0v) is 14.5. The lowest BCUT2D eigenvalue weighted by atomic mass is 10.0. The van der Waals surface area contributed by atoms with E-state index in [1.807, 2.05) is 13.8 Å². The van der Waals surface area contributed by atoms with Gasteiger partial charge < -0.3 is 20.1 Å². The number of nitrogens with one attached hydrogen (secondary N) is 1. The van der Waals surface area contributed by atoms with Crippen molar-refractivity contribution >= 4 is 17.8 Å². The number of nitrogens with zero attached hydrogens (tertiary/aromatic N) is 1. The Morgan fingerprint density at radius 3 is 2.17 bits per heavy atom. The number of hydrogen-bond acceptors (Lipinski definition) is 4. The average Bonchev–Trinajstić information content (AvgIpc) is 3.23. The molecule has 0 aromatic carbocycles. The molecular formula is C16H28N2O5. The van der Waals surface area contributed by atoms with Crippen LogP contribution in [0, 0.1) is 11.8 Å². The topological polar surface area (TPSA) is 99.2 Å². The quantitative estimate of drug-likeness (QED) is 0.612. The lowest BCUT2D eigenvalue weighted by Gasteiger charge is -2.26. The minimum absolute atomic E-state index is 0.153. The molecule has 2 amide bonds. The van der Waals surface area contributed by atoms with E-state index in [0.29, 0.717) is 18.9 Å². The molecule has 23 heavy (non-hydrogen) atoms. The predicted molar refractivity (Wildman–Crippen MR) is 84.8 cm³/mol. The van der Waals surface area contributed by atoms with Crippen LogP contribution in [-0.2, 0) is 19.1 Å². The van der Waals surface area contributed by atoms with E-state index in [4.69, 9.17) is 9.84 Å². The highest BCUT2D eigenvalue weighted by atomic mass is 16.6. The Morgan fingerprint density at radius 1 is 1.13 bits per heavy atom. The van der Waals surface area contributed by atoms with Crippen LogP contribution in [-0.4, -0.2) is 59.6 Å². The standard InChI is InChI=1S/C16H28N2O5/c1-9(2)6-7-18(5)15(20)11(8-10(3)4)17-14(19)12-13(23-12)16(21)22/h9-13H,6-8H2,1-5H3,(H,17,19)(H,21,22)/t11?,12-,13-/m0/s1. The largest absolute Gasteiger partial charge is 0.479 e. The number of hydrogen-bond donors (Lipinski definition) is 2. The predicted octanol–water partition coefficient (Wildman–Crippen LogP) is 0.874. The number of epoxide rings is 1. The van der Waals surface area contributed by atoms with Gasteiger partial charge >= 0.3 is 5.97 Å². The third-order valence-electron chi connectivity index (χ3n) is 3.73. The second-order valence-corrected chi connectivity index (χ2v) is 6.95. The zero-order valence-electron chi connectivity index (χ0n) is 14.5. The Labute approximate surface area is 137 Å². The first-order valence-electron chi connectivity index (χ1n) is 8.07. The van der Waals surface area contributed by atoms with Crippen LogP contribution in [0.15, 0.2) is 0 Å². The summed E-state index contributed by atoms with van der Waals surface area (Å²) in [6, 6.07) is -0.654. The Bertz CT molecular complexity index is 450.